The second-order valence-corrected chi connectivity index (χ2v) is 4.46. The van der Waals surface area contributed by atoms with E-state index in [0.29, 0.717) is 18.9 Å². The molecule has 0 aromatic heterocycles. The minimum Gasteiger partial charge on any atom is -0.461 e. The average Bonchev–Trinajstić information content (AvgIpc) is 2.27. The molecule has 0 aromatic carbocycles. The van der Waals surface area contributed by atoms with Crippen LogP contribution in [0.1, 0.15) is 33.6 Å². The fourth-order valence-corrected chi connectivity index (χ4v) is 1.45. The Morgan fingerprint density at radius 1 is 1.44 bits per heavy atom. The summed E-state index contributed by atoms with van der Waals surface area (Å²) in [6.07, 6.45) is 8.91. The number of carbonyl (C=O) groups is 1. The van der Waals surface area contributed by atoms with E-state index in [1.807, 2.05) is 31.2 Å². The second kappa shape index (κ2) is 9.52. The van der Waals surface area contributed by atoms with Crippen LogP contribution in [-0.4, -0.2) is 17.8 Å². The minimum absolute atomic E-state index is 0.0945. The first kappa shape index (κ1) is 15.3. The summed E-state index contributed by atoms with van der Waals surface area (Å²) in [6, 6.07) is 0. The Morgan fingerprint density at radius 3 is 2.69 bits per heavy atom. The summed E-state index contributed by atoms with van der Waals surface area (Å²) >= 11 is 4.39. The third-order valence-electron chi connectivity index (χ3n) is 2.46. The zero-order valence-corrected chi connectivity index (χ0v) is 11.2. The standard InChI is InChI=1S/C13H22O2S/c1-4-6-7-8-9-15-13(14)10-12(16)11(3)5-2/h4,6-8,11-12,16H,5,9-10H2,1-3H3/b6-4+,8-7+. The lowest BCUT2D eigenvalue weighted by atomic mass is 10.0. The van der Waals surface area contributed by atoms with Crippen molar-refractivity contribution in [2.75, 3.05) is 6.61 Å². The molecular weight excluding hydrogens is 220 g/mol. The third-order valence-corrected chi connectivity index (χ3v) is 3.15. The van der Waals surface area contributed by atoms with Crippen LogP contribution in [0.15, 0.2) is 24.3 Å². The van der Waals surface area contributed by atoms with Crippen molar-refractivity contribution >= 4 is 18.6 Å². The van der Waals surface area contributed by atoms with Crippen LogP contribution < -0.4 is 0 Å². The fraction of sp³-hybridized carbons (Fsp3) is 0.615. The SMILES string of the molecule is C/C=C/C=C/COC(=O)CC(S)C(C)CC. The van der Waals surface area contributed by atoms with Gasteiger partial charge in [-0.25, -0.2) is 0 Å². The van der Waals surface area contributed by atoms with Gasteiger partial charge in [0, 0.05) is 5.25 Å². The maximum atomic E-state index is 11.4. The molecule has 0 radical (unpaired) electrons. The zero-order valence-electron chi connectivity index (χ0n) is 10.3. The van der Waals surface area contributed by atoms with E-state index in [1.165, 1.54) is 0 Å². The van der Waals surface area contributed by atoms with Crippen molar-refractivity contribution in [2.24, 2.45) is 5.92 Å². The summed E-state index contributed by atoms with van der Waals surface area (Å²) in [5, 5.41) is 0.0945. The van der Waals surface area contributed by atoms with E-state index in [-0.39, 0.29) is 11.2 Å². The molecule has 0 bridgehead atoms. The van der Waals surface area contributed by atoms with E-state index >= 15 is 0 Å². The van der Waals surface area contributed by atoms with Crippen LogP contribution in [0.2, 0.25) is 0 Å². The van der Waals surface area contributed by atoms with Crippen LogP contribution in [-0.2, 0) is 9.53 Å². The third kappa shape index (κ3) is 7.57. The molecule has 0 N–H and O–H groups in total. The van der Waals surface area contributed by atoms with Crippen LogP contribution >= 0.6 is 12.6 Å². The molecule has 0 saturated heterocycles. The molecule has 0 amide bonds. The topological polar surface area (TPSA) is 26.3 Å². The van der Waals surface area contributed by atoms with E-state index < -0.39 is 0 Å². The van der Waals surface area contributed by atoms with Gasteiger partial charge in [0.25, 0.3) is 0 Å². The molecule has 16 heavy (non-hydrogen) atoms. The van der Waals surface area contributed by atoms with E-state index in [1.54, 1.807) is 0 Å². The highest BCUT2D eigenvalue weighted by Gasteiger charge is 2.15. The van der Waals surface area contributed by atoms with Gasteiger partial charge in [-0.05, 0) is 18.9 Å². The molecule has 2 atom stereocenters. The Balaban J connectivity index is 3.74. The number of hydrogen-bond donors (Lipinski definition) is 1. The van der Waals surface area contributed by atoms with Gasteiger partial charge in [-0.15, -0.1) is 0 Å². The monoisotopic (exact) mass is 242 g/mol. The van der Waals surface area contributed by atoms with Gasteiger partial charge in [0.15, 0.2) is 0 Å². The molecule has 0 rings (SSSR count). The Kier molecular flexibility index (Phi) is 9.10. The number of carbonyl (C=O) groups excluding carboxylic acids is 1. The van der Waals surface area contributed by atoms with Gasteiger partial charge in [0.05, 0.1) is 6.42 Å². The molecular formula is C13H22O2S. The molecule has 0 aliphatic heterocycles. The van der Waals surface area contributed by atoms with Crippen molar-refractivity contribution in [2.45, 2.75) is 38.9 Å². The summed E-state index contributed by atoms with van der Waals surface area (Å²) in [5.74, 6) is 0.264. The lowest BCUT2D eigenvalue weighted by molar-refractivity contribution is -0.142. The summed E-state index contributed by atoms with van der Waals surface area (Å²) in [6.45, 7) is 6.47. The number of ether oxygens (including phenoxy) is 1. The van der Waals surface area contributed by atoms with Crippen LogP contribution in [0.25, 0.3) is 0 Å². The normalized spacial score (nSPS) is 15.5. The van der Waals surface area contributed by atoms with Crippen molar-refractivity contribution in [3.8, 4) is 0 Å². The highest BCUT2D eigenvalue weighted by atomic mass is 32.1. The second-order valence-electron chi connectivity index (χ2n) is 3.79. The molecule has 92 valence electrons. The summed E-state index contributed by atoms with van der Waals surface area (Å²) in [7, 11) is 0. The summed E-state index contributed by atoms with van der Waals surface area (Å²) in [5.41, 5.74) is 0. The summed E-state index contributed by atoms with van der Waals surface area (Å²) < 4.78 is 5.05. The predicted molar refractivity (Wildman–Crippen MR) is 71.8 cm³/mol. The van der Waals surface area contributed by atoms with Crippen LogP contribution in [0, 0.1) is 5.92 Å². The van der Waals surface area contributed by atoms with E-state index in [4.69, 9.17) is 4.74 Å². The molecule has 0 aliphatic rings. The highest BCUT2D eigenvalue weighted by Crippen LogP contribution is 2.17. The minimum atomic E-state index is -0.176. The van der Waals surface area contributed by atoms with Crippen molar-refractivity contribution < 1.29 is 9.53 Å². The Morgan fingerprint density at radius 2 is 2.12 bits per heavy atom. The lowest BCUT2D eigenvalue weighted by Crippen LogP contribution is -2.17. The van der Waals surface area contributed by atoms with Crippen molar-refractivity contribution in [1.29, 1.82) is 0 Å². The zero-order chi connectivity index (χ0) is 12.4. The van der Waals surface area contributed by atoms with Crippen molar-refractivity contribution in [3.05, 3.63) is 24.3 Å². The first-order chi connectivity index (χ1) is 7.61. The number of rotatable bonds is 7. The van der Waals surface area contributed by atoms with E-state index in [2.05, 4.69) is 26.5 Å². The first-order valence-corrected chi connectivity index (χ1v) is 6.24. The van der Waals surface area contributed by atoms with Gasteiger partial charge in [0.2, 0.25) is 0 Å². The Bertz CT molecular complexity index is 246. The molecule has 0 heterocycles. The molecule has 0 saturated carbocycles. The molecule has 0 fully saturated rings. The molecule has 2 unspecified atom stereocenters. The number of esters is 1. The van der Waals surface area contributed by atoms with Gasteiger partial charge in [0.1, 0.15) is 6.61 Å². The van der Waals surface area contributed by atoms with Gasteiger partial charge in [-0.1, -0.05) is 38.5 Å². The maximum Gasteiger partial charge on any atom is 0.307 e. The molecule has 2 nitrogen and oxygen atoms in total. The van der Waals surface area contributed by atoms with Gasteiger partial charge >= 0.3 is 5.97 Å². The number of hydrogen-bond acceptors (Lipinski definition) is 3. The van der Waals surface area contributed by atoms with Gasteiger partial charge in [-0.2, -0.15) is 12.6 Å². The van der Waals surface area contributed by atoms with Crippen molar-refractivity contribution in [1.82, 2.24) is 0 Å². The van der Waals surface area contributed by atoms with Crippen LogP contribution in [0.3, 0.4) is 0 Å². The Labute approximate surface area is 104 Å². The lowest BCUT2D eigenvalue weighted by Gasteiger charge is -2.15. The highest BCUT2D eigenvalue weighted by molar-refractivity contribution is 7.81. The summed E-state index contributed by atoms with van der Waals surface area (Å²) in [4.78, 5) is 11.4. The van der Waals surface area contributed by atoms with Crippen LogP contribution in [0.5, 0.6) is 0 Å². The molecule has 0 aliphatic carbocycles. The van der Waals surface area contributed by atoms with Gasteiger partial charge < -0.3 is 4.74 Å². The predicted octanol–water partition coefficient (Wildman–Crippen LogP) is 3.40. The van der Waals surface area contributed by atoms with E-state index in [0.717, 1.165) is 6.42 Å². The first-order valence-electron chi connectivity index (χ1n) is 5.73. The largest absolute Gasteiger partial charge is 0.461 e. The smallest absolute Gasteiger partial charge is 0.307 e. The molecule has 0 spiro atoms. The average molecular weight is 242 g/mol. The number of allylic oxidation sites excluding steroid dienone is 3. The van der Waals surface area contributed by atoms with Crippen molar-refractivity contribution in [3.63, 3.8) is 0 Å². The fourth-order valence-electron chi connectivity index (χ4n) is 1.09. The Hall–Kier alpha value is -0.700. The maximum absolute atomic E-state index is 11.4. The van der Waals surface area contributed by atoms with E-state index in [9.17, 15) is 4.79 Å². The molecule has 3 heteroatoms. The van der Waals surface area contributed by atoms with Gasteiger partial charge in [-0.3, -0.25) is 4.79 Å². The number of thiol groups is 1. The quantitative estimate of drug-likeness (QED) is 0.421. The molecule has 0 aromatic rings. The van der Waals surface area contributed by atoms with Crippen LogP contribution in [0.4, 0.5) is 0 Å².